The highest BCUT2D eigenvalue weighted by Crippen LogP contribution is 2.28. The molecule has 3 aromatic rings. The molecule has 0 aliphatic carbocycles. The van der Waals surface area contributed by atoms with E-state index in [9.17, 15) is 5.11 Å². The van der Waals surface area contributed by atoms with Crippen molar-refractivity contribution in [3.63, 3.8) is 0 Å². The maximum absolute atomic E-state index is 9.62. The van der Waals surface area contributed by atoms with Gasteiger partial charge in [0.15, 0.2) is 11.5 Å². The van der Waals surface area contributed by atoms with Crippen molar-refractivity contribution in [1.29, 1.82) is 0 Å². The van der Waals surface area contributed by atoms with Gasteiger partial charge in [-0.1, -0.05) is 12.1 Å². The molecule has 0 saturated heterocycles. The summed E-state index contributed by atoms with van der Waals surface area (Å²) in [5, 5.41) is 10.6. The van der Waals surface area contributed by atoms with Crippen molar-refractivity contribution >= 4 is 10.9 Å². The zero-order valence-corrected chi connectivity index (χ0v) is 12.7. The van der Waals surface area contributed by atoms with Crippen LogP contribution < -0.4 is 9.47 Å². The van der Waals surface area contributed by atoms with Crippen molar-refractivity contribution in [2.75, 3.05) is 7.11 Å². The molecule has 0 saturated carbocycles. The molecule has 4 nitrogen and oxygen atoms in total. The van der Waals surface area contributed by atoms with E-state index in [1.54, 1.807) is 19.2 Å². The average Bonchev–Trinajstić information content (AvgIpc) is 2.89. The fourth-order valence-electron chi connectivity index (χ4n) is 2.70. The number of benzene rings is 2. The number of aryl methyl sites for hydroxylation is 1. The van der Waals surface area contributed by atoms with Gasteiger partial charge in [-0.3, -0.25) is 0 Å². The molecule has 0 radical (unpaired) electrons. The lowest BCUT2D eigenvalue weighted by molar-refractivity contribution is 0.277. The van der Waals surface area contributed by atoms with Crippen molar-refractivity contribution in [2.45, 2.75) is 20.1 Å². The van der Waals surface area contributed by atoms with Gasteiger partial charge in [0.05, 0.1) is 12.8 Å². The molecular formula is C18H19NO3. The van der Waals surface area contributed by atoms with E-state index >= 15 is 0 Å². The average molecular weight is 297 g/mol. The highest BCUT2D eigenvalue weighted by Gasteiger charge is 2.10. The van der Waals surface area contributed by atoms with Crippen molar-refractivity contribution in [1.82, 2.24) is 4.57 Å². The first-order valence-electron chi connectivity index (χ1n) is 7.30. The van der Waals surface area contributed by atoms with Crippen LogP contribution in [0.25, 0.3) is 10.9 Å². The predicted octanol–water partition coefficient (Wildman–Crippen LogP) is 3.95. The minimum Gasteiger partial charge on any atom is -0.508 e. The van der Waals surface area contributed by atoms with E-state index in [4.69, 9.17) is 9.47 Å². The molecule has 0 unspecified atom stereocenters. The Kier molecular flexibility index (Phi) is 3.92. The van der Waals surface area contributed by atoms with Crippen LogP contribution in [0.15, 0.2) is 48.5 Å². The van der Waals surface area contributed by atoms with Crippen LogP contribution in [-0.2, 0) is 13.2 Å². The Morgan fingerprint density at radius 1 is 1.05 bits per heavy atom. The third-order valence-corrected chi connectivity index (χ3v) is 3.73. The van der Waals surface area contributed by atoms with Gasteiger partial charge in [0.2, 0.25) is 0 Å². The minimum atomic E-state index is 0.276. The zero-order valence-electron chi connectivity index (χ0n) is 12.7. The van der Waals surface area contributed by atoms with Gasteiger partial charge in [-0.05, 0) is 43.3 Å². The third kappa shape index (κ3) is 2.60. The second kappa shape index (κ2) is 6.02. The van der Waals surface area contributed by atoms with Crippen LogP contribution in [0.1, 0.15) is 12.6 Å². The van der Waals surface area contributed by atoms with Crippen LogP contribution >= 0.6 is 0 Å². The Morgan fingerprint density at radius 3 is 2.55 bits per heavy atom. The standard InChI is InChI=1S/C18H19NO3/c1-3-19-14(10-13-11-15(20)8-9-16(13)19)12-22-18-7-5-4-6-17(18)21-2/h4-11,20H,3,12H2,1-2H3. The first-order valence-corrected chi connectivity index (χ1v) is 7.30. The smallest absolute Gasteiger partial charge is 0.161 e. The predicted molar refractivity (Wildman–Crippen MR) is 86.6 cm³/mol. The Labute approximate surface area is 129 Å². The summed E-state index contributed by atoms with van der Waals surface area (Å²) in [5.74, 6) is 1.72. The van der Waals surface area contributed by atoms with Gasteiger partial charge in [0.1, 0.15) is 12.4 Å². The van der Waals surface area contributed by atoms with Crippen LogP contribution in [-0.4, -0.2) is 16.8 Å². The maximum Gasteiger partial charge on any atom is 0.161 e. The van der Waals surface area contributed by atoms with Crippen molar-refractivity contribution < 1.29 is 14.6 Å². The monoisotopic (exact) mass is 297 g/mol. The van der Waals surface area contributed by atoms with E-state index in [1.807, 2.05) is 36.4 Å². The first kappa shape index (κ1) is 14.3. The molecule has 1 heterocycles. The second-order valence-electron chi connectivity index (χ2n) is 5.06. The van der Waals surface area contributed by atoms with Gasteiger partial charge < -0.3 is 19.1 Å². The van der Waals surface area contributed by atoms with Crippen LogP contribution in [0.5, 0.6) is 17.2 Å². The molecular weight excluding hydrogens is 278 g/mol. The van der Waals surface area contributed by atoms with E-state index in [0.717, 1.165) is 34.6 Å². The van der Waals surface area contributed by atoms with E-state index in [-0.39, 0.29) is 5.75 Å². The second-order valence-corrected chi connectivity index (χ2v) is 5.06. The molecule has 1 N–H and O–H groups in total. The van der Waals surface area contributed by atoms with E-state index in [1.165, 1.54) is 0 Å². The summed E-state index contributed by atoms with van der Waals surface area (Å²) < 4.78 is 13.4. The largest absolute Gasteiger partial charge is 0.508 e. The Balaban J connectivity index is 1.90. The highest BCUT2D eigenvalue weighted by molar-refractivity contribution is 5.82. The molecule has 2 aromatic carbocycles. The van der Waals surface area contributed by atoms with Crippen molar-refractivity contribution in [3.05, 3.63) is 54.2 Å². The molecule has 114 valence electrons. The number of para-hydroxylation sites is 2. The lowest BCUT2D eigenvalue weighted by Crippen LogP contribution is -2.05. The van der Waals surface area contributed by atoms with Crippen molar-refractivity contribution in [2.24, 2.45) is 0 Å². The van der Waals surface area contributed by atoms with Gasteiger partial charge in [0.25, 0.3) is 0 Å². The molecule has 0 atom stereocenters. The Hall–Kier alpha value is -2.62. The Bertz CT molecular complexity index is 792. The number of phenols is 1. The number of nitrogens with zero attached hydrogens (tertiary/aromatic N) is 1. The number of aromatic hydroxyl groups is 1. The summed E-state index contributed by atoms with van der Waals surface area (Å²) in [4.78, 5) is 0. The molecule has 0 aliphatic heterocycles. The normalized spacial score (nSPS) is 10.8. The van der Waals surface area contributed by atoms with Crippen LogP contribution in [0.4, 0.5) is 0 Å². The Morgan fingerprint density at radius 2 is 1.82 bits per heavy atom. The number of hydrogen-bond donors (Lipinski definition) is 1. The quantitative estimate of drug-likeness (QED) is 0.775. The molecule has 0 bridgehead atoms. The lowest BCUT2D eigenvalue weighted by Gasteiger charge is -2.12. The van der Waals surface area contributed by atoms with Crippen LogP contribution in [0.3, 0.4) is 0 Å². The van der Waals surface area contributed by atoms with E-state index in [0.29, 0.717) is 6.61 Å². The van der Waals surface area contributed by atoms with Crippen LogP contribution in [0, 0.1) is 0 Å². The zero-order chi connectivity index (χ0) is 15.5. The van der Waals surface area contributed by atoms with Crippen molar-refractivity contribution in [3.8, 4) is 17.2 Å². The number of methoxy groups -OCH3 is 1. The number of hydrogen-bond acceptors (Lipinski definition) is 3. The SMILES string of the molecule is CCn1c(COc2ccccc2OC)cc2cc(O)ccc21. The molecule has 0 aliphatic rings. The number of rotatable bonds is 5. The van der Waals surface area contributed by atoms with Crippen LogP contribution in [0.2, 0.25) is 0 Å². The third-order valence-electron chi connectivity index (χ3n) is 3.73. The molecule has 22 heavy (non-hydrogen) atoms. The maximum atomic E-state index is 9.62. The summed E-state index contributed by atoms with van der Waals surface area (Å²) in [5.41, 5.74) is 2.16. The van der Waals surface area contributed by atoms with Gasteiger partial charge in [-0.15, -0.1) is 0 Å². The molecule has 4 heteroatoms. The first-order chi connectivity index (χ1) is 10.7. The molecule has 0 spiro atoms. The fraction of sp³-hybridized carbons (Fsp3) is 0.222. The van der Waals surface area contributed by atoms with E-state index < -0.39 is 0 Å². The summed E-state index contributed by atoms with van der Waals surface area (Å²) in [6, 6.07) is 15.1. The highest BCUT2D eigenvalue weighted by atomic mass is 16.5. The topological polar surface area (TPSA) is 43.6 Å². The number of fused-ring (bicyclic) bond motifs is 1. The van der Waals surface area contributed by atoms with Gasteiger partial charge in [-0.25, -0.2) is 0 Å². The van der Waals surface area contributed by atoms with E-state index in [2.05, 4.69) is 11.5 Å². The number of aromatic nitrogens is 1. The summed E-state index contributed by atoms with van der Waals surface area (Å²) in [7, 11) is 1.63. The number of ether oxygens (including phenoxy) is 2. The minimum absolute atomic E-state index is 0.276. The molecule has 0 amide bonds. The van der Waals surface area contributed by atoms with Gasteiger partial charge in [-0.2, -0.15) is 0 Å². The molecule has 0 fully saturated rings. The fourth-order valence-corrected chi connectivity index (χ4v) is 2.70. The van der Waals surface area contributed by atoms with Gasteiger partial charge in [0, 0.05) is 17.4 Å². The lowest BCUT2D eigenvalue weighted by atomic mass is 10.2. The molecule has 3 rings (SSSR count). The summed E-state index contributed by atoms with van der Waals surface area (Å²) >= 11 is 0. The van der Waals surface area contributed by atoms with Gasteiger partial charge >= 0.3 is 0 Å². The molecule has 1 aromatic heterocycles. The summed E-state index contributed by atoms with van der Waals surface area (Å²) in [6.07, 6.45) is 0. The number of phenolic OH excluding ortho intramolecular Hbond substituents is 1. The summed E-state index contributed by atoms with van der Waals surface area (Å²) in [6.45, 7) is 3.39.